The maximum Gasteiger partial charge on any atom is 0.341 e. The molecule has 0 aliphatic carbocycles. The first-order valence-electron chi connectivity index (χ1n) is 8.96. The summed E-state index contributed by atoms with van der Waals surface area (Å²) >= 11 is 0. The average molecular weight is 513 g/mol. The molecule has 8 heteroatoms. The van der Waals surface area contributed by atoms with Gasteiger partial charge in [-0.3, -0.25) is 4.99 Å². The predicted octanol–water partition coefficient (Wildman–Crippen LogP) is 3.15. The molecule has 2 aromatic rings. The highest BCUT2D eigenvalue weighted by Gasteiger charge is 2.13. The number of hydrogen-bond donors (Lipinski definition) is 2. The van der Waals surface area contributed by atoms with Crippen LogP contribution >= 0.6 is 24.0 Å². The highest BCUT2D eigenvalue weighted by atomic mass is 127. The number of benzene rings is 2. The molecule has 0 atom stereocenters. The zero-order valence-electron chi connectivity index (χ0n) is 17.2. The van der Waals surface area contributed by atoms with Crippen LogP contribution in [-0.4, -0.2) is 46.3 Å². The van der Waals surface area contributed by atoms with Crippen molar-refractivity contribution in [1.29, 1.82) is 0 Å². The van der Waals surface area contributed by atoms with Gasteiger partial charge in [-0.15, -0.1) is 24.0 Å². The molecule has 0 unspecified atom stereocenters. The number of ether oxygens (including phenoxy) is 3. The second-order valence-corrected chi connectivity index (χ2v) is 6.04. The van der Waals surface area contributed by atoms with E-state index in [-0.39, 0.29) is 24.0 Å². The number of guanidine groups is 1. The number of aliphatic imine (C=N–C) groups is 1. The Labute approximate surface area is 188 Å². The zero-order chi connectivity index (χ0) is 20.4. The number of rotatable bonds is 8. The van der Waals surface area contributed by atoms with Gasteiger partial charge in [-0.2, -0.15) is 0 Å². The van der Waals surface area contributed by atoms with Gasteiger partial charge < -0.3 is 24.8 Å². The molecule has 2 rings (SSSR count). The molecule has 2 aromatic carbocycles. The first kappa shape index (κ1) is 24.5. The third kappa shape index (κ3) is 7.80. The molecule has 2 N–H and O–H groups in total. The quantitative estimate of drug-likeness (QED) is 0.186. The van der Waals surface area contributed by atoms with E-state index in [9.17, 15) is 4.79 Å². The van der Waals surface area contributed by atoms with E-state index < -0.39 is 5.97 Å². The fraction of sp³-hybridized carbons (Fsp3) is 0.333. The van der Waals surface area contributed by atoms with Gasteiger partial charge in [0.15, 0.2) is 5.96 Å². The van der Waals surface area contributed by atoms with Crippen molar-refractivity contribution < 1.29 is 19.0 Å². The van der Waals surface area contributed by atoms with E-state index in [1.165, 1.54) is 19.8 Å². The van der Waals surface area contributed by atoms with E-state index in [0.29, 0.717) is 37.0 Å². The number of hydrogen-bond acceptors (Lipinski definition) is 5. The molecule has 0 aromatic heterocycles. The number of carbonyl (C=O) groups is 1. The lowest BCUT2D eigenvalue weighted by molar-refractivity contribution is 0.0597. The third-order valence-corrected chi connectivity index (χ3v) is 4.04. The van der Waals surface area contributed by atoms with Gasteiger partial charge in [0.25, 0.3) is 0 Å². The second kappa shape index (κ2) is 12.9. The number of aryl methyl sites for hydroxylation is 1. The Bertz CT molecular complexity index is 810. The van der Waals surface area contributed by atoms with Crippen molar-refractivity contribution in [2.45, 2.75) is 13.5 Å². The summed E-state index contributed by atoms with van der Waals surface area (Å²) in [6, 6.07) is 13.3. The molecule has 0 radical (unpaired) electrons. The molecule has 0 bridgehead atoms. The predicted molar refractivity (Wildman–Crippen MR) is 125 cm³/mol. The van der Waals surface area contributed by atoms with Gasteiger partial charge in [0.2, 0.25) is 0 Å². The molecule has 0 saturated carbocycles. The molecule has 0 saturated heterocycles. The number of nitrogens with zero attached hydrogens (tertiary/aromatic N) is 1. The molecule has 0 fully saturated rings. The Morgan fingerprint density at radius 1 is 1.07 bits per heavy atom. The van der Waals surface area contributed by atoms with E-state index in [2.05, 4.69) is 15.6 Å². The van der Waals surface area contributed by atoms with Crippen LogP contribution < -0.4 is 20.1 Å². The number of halogens is 1. The van der Waals surface area contributed by atoms with Crippen molar-refractivity contribution in [3.8, 4) is 11.5 Å². The number of nitrogens with one attached hydrogen (secondary N) is 2. The summed E-state index contributed by atoms with van der Waals surface area (Å²) in [6.07, 6.45) is 0. The second-order valence-electron chi connectivity index (χ2n) is 6.04. The Morgan fingerprint density at radius 3 is 2.41 bits per heavy atom. The van der Waals surface area contributed by atoms with Crippen LogP contribution in [0.1, 0.15) is 21.5 Å². The molecule has 0 aliphatic rings. The summed E-state index contributed by atoms with van der Waals surface area (Å²) in [5.74, 6) is 1.52. The van der Waals surface area contributed by atoms with Gasteiger partial charge >= 0.3 is 5.97 Å². The van der Waals surface area contributed by atoms with Crippen LogP contribution in [0.5, 0.6) is 11.5 Å². The molecule has 7 nitrogen and oxygen atoms in total. The number of methoxy groups -OCH3 is 2. The molecule has 0 aliphatic heterocycles. The fourth-order valence-electron chi connectivity index (χ4n) is 2.51. The van der Waals surface area contributed by atoms with Crippen LogP contribution in [0.3, 0.4) is 0 Å². The van der Waals surface area contributed by atoms with Crippen molar-refractivity contribution in [2.75, 3.05) is 34.4 Å². The fourth-order valence-corrected chi connectivity index (χ4v) is 2.51. The maximum absolute atomic E-state index is 11.9. The highest BCUT2D eigenvalue weighted by molar-refractivity contribution is 14.0. The number of carbonyl (C=O) groups excluding carboxylic acids is 1. The molecule has 29 heavy (non-hydrogen) atoms. The van der Waals surface area contributed by atoms with Gasteiger partial charge in [-0.1, -0.05) is 23.8 Å². The number of esters is 1. The summed E-state index contributed by atoms with van der Waals surface area (Å²) in [5, 5.41) is 6.39. The molecule has 158 valence electrons. The van der Waals surface area contributed by atoms with Crippen molar-refractivity contribution >= 4 is 35.9 Å². The minimum absolute atomic E-state index is 0. The smallest absolute Gasteiger partial charge is 0.341 e. The van der Waals surface area contributed by atoms with Crippen LogP contribution in [0.15, 0.2) is 47.5 Å². The normalized spacial score (nSPS) is 10.6. The van der Waals surface area contributed by atoms with Gasteiger partial charge in [0, 0.05) is 13.6 Å². The maximum atomic E-state index is 11.9. The van der Waals surface area contributed by atoms with E-state index in [0.717, 1.165) is 11.3 Å². The van der Waals surface area contributed by atoms with Crippen molar-refractivity contribution in [3.63, 3.8) is 0 Å². The first-order valence-corrected chi connectivity index (χ1v) is 8.96. The van der Waals surface area contributed by atoms with Crippen LogP contribution in [0, 0.1) is 6.92 Å². The minimum atomic E-state index is -0.436. The van der Waals surface area contributed by atoms with Crippen LogP contribution in [0.2, 0.25) is 0 Å². The minimum Gasteiger partial charge on any atom is -0.496 e. The van der Waals surface area contributed by atoms with E-state index in [4.69, 9.17) is 14.2 Å². The van der Waals surface area contributed by atoms with Gasteiger partial charge in [-0.05, 0) is 36.8 Å². The summed E-state index contributed by atoms with van der Waals surface area (Å²) in [6.45, 7) is 3.65. The van der Waals surface area contributed by atoms with Gasteiger partial charge in [0.05, 0.1) is 20.8 Å². The van der Waals surface area contributed by atoms with Crippen LogP contribution in [0.25, 0.3) is 0 Å². The SMILES string of the molecule is CN=C(NCCOc1ccc(C)cc1)NCc1ccc(OC)c(C(=O)OC)c1.I. The summed E-state index contributed by atoms with van der Waals surface area (Å²) < 4.78 is 15.7. The van der Waals surface area contributed by atoms with Crippen molar-refractivity contribution in [2.24, 2.45) is 4.99 Å². The van der Waals surface area contributed by atoms with E-state index >= 15 is 0 Å². The Kier molecular flexibility index (Phi) is 10.9. The first-order chi connectivity index (χ1) is 13.6. The molecular formula is C21H28IN3O4. The highest BCUT2D eigenvalue weighted by Crippen LogP contribution is 2.20. The monoisotopic (exact) mass is 513 g/mol. The van der Waals surface area contributed by atoms with Crippen LogP contribution in [0.4, 0.5) is 0 Å². The van der Waals surface area contributed by atoms with E-state index in [1.807, 2.05) is 37.3 Å². The molecule has 0 amide bonds. The largest absolute Gasteiger partial charge is 0.496 e. The third-order valence-electron chi connectivity index (χ3n) is 4.04. The van der Waals surface area contributed by atoms with Gasteiger partial charge in [0.1, 0.15) is 23.7 Å². The molecule has 0 spiro atoms. The Hall–Kier alpha value is -2.49. The Balaban J connectivity index is 0.00000420. The van der Waals surface area contributed by atoms with Crippen LogP contribution in [-0.2, 0) is 11.3 Å². The lowest BCUT2D eigenvalue weighted by atomic mass is 10.1. The van der Waals surface area contributed by atoms with Crippen molar-refractivity contribution in [1.82, 2.24) is 10.6 Å². The topological polar surface area (TPSA) is 81.2 Å². The standard InChI is InChI=1S/C21H27N3O4.HI/c1-15-5-8-17(9-6-15)28-12-11-23-21(22-2)24-14-16-7-10-19(26-3)18(13-16)20(25)27-4;/h5-10,13H,11-12,14H2,1-4H3,(H2,22,23,24);1H. The summed E-state index contributed by atoms with van der Waals surface area (Å²) in [4.78, 5) is 16.1. The summed E-state index contributed by atoms with van der Waals surface area (Å²) in [5.41, 5.74) is 2.49. The Morgan fingerprint density at radius 2 is 1.79 bits per heavy atom. The average Bonchev–Trinajstić information content (AvgIpc) is 2.73. The van der Waals surface area contributed by atoms with E-state index in [1.54, 1.807) is 19.2 Å². The zero-order valence-corrected chi connectivity index (χ0v) is 19.5. The molecular weight excluding hydrogens is 485 g/mol. The lowest BCUT2D eigenvalue weighted by Gasteiger charge is -2.14. The molecule has 0 heterocycles. The van der Waals surface area contributed by atoms with Crippen molar-refractivity contribution in [3.05, 3.63) is 59.2 Å². The van der Waals surface area contributed by atoms with Gasteiger partial charge in [-0.25, -0.2) is 4.79 Å². The lowest BCUT2D eigenvalue weighted by Crippen LogP contribution is -2.38. The summed E-state index contributed by atoms with van der Waals surface area (Å²) in [7, 11) is 4.56.